The summed E-state index contributed by atoms with van der Waals surface area (Å²) in [5.74, 6) is -4.94. The standard InChI is InChI=1S/C22H44O8/c1-7-13-23-20(24-14-8-2)19-29-21(25-15-9-3,26-16-10-4)22(30-20,27-17-11-5)28-18-12-6/h7-19H2,1-6H3. The second-order valence-corrected chi connectivity index (χ2v) is 7.28. The molecule has 1 fully saturated rings. The lowest BCUT2D eigenvalue weighted by atomic mass is 10.3. The summed E-state index contributed by atoms with van der Waals surface area (Å²) in [4.78, 5) is 0. The van der Waals surface area contributed by atoms with Crippen LogP contribution in [-0.4, -0.2) is 64.2 Å². The predicted octanol–water partition coefficient (Wildman–Crippen LogP) is 4.55. The molecule has 0 amide bonds. The molecule has 30 heavy (non-hydrogen) atoms. The van der Waals surface area contributed by atoms with Crippen molar-refractivity contribution in [1.82, 2.24) is 0 Å². The van der Waals surface area contributed by atoms with Crippen molar-refractivity contribution in [2.24, 2.45) is 0 Å². The molecular formula is C22H44O8. The van der Waals surface area contributed by atoms with Gasteiger partial charge in [-0.15, -0.1) is 0 Å². The monoisotopic (exact) mass is 436 g/mol. The molecule has 0 aromatic heterocycles. The summed E-state index contributed by atoms with van der Waals surface area (Å²) in [6.45, 7) is 14.4. The van der Waals surface area contributed by atoms with E-state index in [0.29, 0.717) is 39.6 Å². The van der Waals surface area contributed by atoms with Crippen molar-refractivity contribution >= 4 is 0 Å². The van der Waals surface area contributed by atoms with Crippen molar-refractivity contribution in [2.45, 2.75) is 98.0 Å². The Balaban J connectivity index is 3.39. The SMILES string of the molecule is CCCOC1(OCCC)COC(OCCC)(OCCC)C(OCCC)(OCCC)O1. The fourth-order valence-corrected chi connectivity index (χ4v) is 2.79. The summed E-state index contributed by atoms with van der Waals surface area (Å²) in [7, 11) is 0. The minimum Gasteiger partial charge on any atom is -0.326 e. The Labute approximate surface area is 182 Å². The molecule has 0 aromatic carbocycles. The number of rotatable bonds is 18. The van der Waals surface area contributed by atoms with E-state index in [9.17, 15) is 0 Å². The molecule has 0 aromatic rings. The van der Waals surface area contributed by atoms with Crippen molar-refractivity contribution in [3.05, 3.63) is 0 Å². The van der Waals surface area contributed by atoms with Crippen molar-refractivity contribution in [2.75, 3.05) is 46.2 Å². The van der Waals surface area contributed by atoms with E-state index in [0.717, 1.165) is 38.5 Å². The van der Waals surface area contributed by atoms with Crippen LogP contribution in [-0.2, 0) is 37.9 Å². The molecule has 0 radical (unpaired) electrons. The van der Waals surface area contributed by atoms with Gasteiger partial charge < -0.3 is 33.2 Å². The maximum atomic E-state index is 6.42. The Kier molecular flexibility index (Phi) is 13.6. The lowest BCUT2D eigenvalue weighted by Gasteiger charge is -2.53. The van der Waals surface area contributed by atoms with Crippen LogP contribution >= 0.6 is 0 Å². The van der Waals surface area contributed by atoms with Gasteiger partial charge in [-0.1, -0.05) is 41.5 Å². The summed E-state index contributed by atoms with van der Waals surface area (Å²) in [5, 5.41) is 0. The maximum absolute atomic E-state index is 6.42. The third-order valence-corrected chi connectivity index (χ3v) is 4.14. The van der Waals surface area contributed by atoms with Crippen molar-refractivity contribution in [3.8, 4) is 0 Å². The van der Waals surface area contributed by atoms with Gasteiger partial charge >= 0.3 is 17.9 Å². The summed E-state index contributed by atoms with van der Waals surface area (Å²) < 4.78 is 49.2. The Morgan fingerprint density at radius 2 is 0.833 bits per heavy atom. The fraction of sp³-hybridized carbons (Fsp3) is 1.00. The van der Waals surface area contributed by atoms with E-state index in [2.05, 4.69) is 0 Å². The van der Waals surface area contributed by atoms with Gasteiger partial charge in [-0.25, -0.2) is 0 Å². The second-order valence-electron chi connectivity index (χ2n) is 7.28. The molecule has 0 spiro atoms. The molecule has 0 saturated carbocycles. The molecule has 1 heterocycles. The van der Waals surface area contributed by atoms with Gasteiger partial charge in [0.05, 0.1) is 39.6 Å². The Morgan fingerprint density at radius 1 is 0.500 bits per heavy atom. The van der Waals surface area contributed by atoms with Crippen LogP contribution in [0.1, 0.15) is 80.1 Å². The topological polar surface area (TPSA) is 73.8 Å². The minimum atomic E-state index is -1.79. The van der Waals surface area contributed by atoms with E-state index in [1.165, 1.54) is 0 Å². The van der Waals surface area contributed by atoms with Gasteiger partial charge in [0, 0.05) is 0 Å². The van der Waals surface area contributed by atoms with Crippen LogP contribution in [0.25, 0.3) is 0 Å². The first kappa shape index (κ1) is 27.7. The number of hydrogen-bond acceptors (Lipinski definition) is 8. The summed E-state index contributed by atoms with van der Waals surface area (Å²) in [5.41, 5.74) is 0. The zero-order chi connectivity index (χ0) is 22.3. The van der Waals surface area contributed by atoms with E-state index < -0.39 is 17.9 Å². The van der Waals surface area contributed by atoms with E-state index >= 15 is 0 Å². The molecule has 0 aliphatic carbocycles. The van der Waals surface area contributed by atoms with E-state index in [1.807, 2.05) is 41.5 Å². The largest absolute Gasteiger partial charge is 0.374 e. The van der Waals surface area contributed by atoms with Crippen LogP contribution in [0.3, 0.4) is 0 Å². The lowest BCUT2D eigenvalue weighted by Crippen LogP contribution is -2.73. The molecular weight excluding hydrogens is 392 g/mol. The van der Waals surface area contributed by atoms with Crippen LogP contribution in [0.4, 0.5) is 0 Å². The number of hydrogen-bond donors (Lipinski definition) is 0. The van der Waals surface area contributed by atoms with Crippen molar-refractivity contribution < 1.29 is 37.9 Å². The highest BCUT2D eigenvalue weighted by Crippen LogP contribution is 2.44. The van der Waals surface area contributed by atoms with E-state index in [-0.39, 0.29) is 6.61 Å². The molecule has 1 aliphatic rings. The average Bonchev–Trinajstić information content (AvgIpc) is 2.77. The fourth-order valence-electron chi connectivity index (χ4n) is 2.79. The molecule has 1 rings (SSSR count). The van der Waals surface area contributed by atoms with Crippen LogP contribution < -0.4 is 0 Å². The van der Waals surface area contributed by atoms with Gasteiger partial charge in [-0.3, -0.25) is 4.74 Å². The highest BCUT2D eigenvalue weighted by molar-refractivity contribution is 4.83. The molecule has 180 valence electrons. The van der Waals surface area contributed by atoms with Gasteiger partial charge in [0.25, 0.3) is 0 Å². The maximum Gasteiger partial charge on any atom is 0.374 e. The van der Waals surface area contributed by atoms with Gasteiger partial charge in [-0.05, 0) is 38.5 Å². The highest BCUT2D eigenvalue weighted by Gasteiger charge is 2.69. The molecule has 1 saturated heterocycles. The molecule has 0 N–H and O–H groups in total. The lowest BCUT2D eigenvalue weighted by molar-refractivity contribution is -0.642. The second kappa shape index (κ2) is 14.7. The minimum absolute atomic E-state index is 0.0346. The van der Waals surface area contributed by atoms with Gasteiger partial charge in [-0.2, -0.15) is 0 Å². The predicted molar refractivity (Wildman–Crippen MR) is 113 cm³/mol. The molecule has 8 heteroatoms. The molecule has 8 nitrogen and oxygen atoms in total. The zero-order valence-electron chi connectivity index (χ0n) is 20.0. The van der Waals surface area contributed by atoms with Gasteiger partial charge in [0.2, 0.25) is 0 Å². The van der Waals surface area contributed by atoms with Crippen LogP contribution in [0.2, 0.25) is 0 Å². The molecule has 1 aliphatic heterocycles. The first-order valence-corrected chi connectivity index (χ1v) is 11.7. The zero-order valence-corrected chi connectivity index (χ0v) is 20.0. The average molecular weight is 437 g/mol. The van der Waals surface area contributed by atoms with Crippen molar-refractivity contribution in [1.29, 1.82) is 0 Å². The third kappa shape index (κ3) is 7.38. The third-order valence-electron chi connectivity index (χ3n) is 4.14. The van der Waals surface area contributed by atoms with Gasteiger partial charge in [0.1, 0.15) is 6.61 Å². The van der Waals surface area contributed by atoms with E-state index in [1.54, 1.807) is 0 Å². The molecule has 0 unspecified atom stereocenters. The Morgan fingerprint density at radius 3 is 1.20 bits per heavy atom. The Hall–Kier alpha value is -0.320. The molecule has 0 bridgehead atoms. The highest BCUT2D eigenvalue weighted by atomic mass is 17.0. The van der Waals surface area contributed by atoms with Crippen LogP contribution in [0.5, 0.6) is 0 Å². The first-order chi connectivity index (χ1) is 14.5. The smallest absolute Gasteiger partial charge is 0.326 e. The summed E-state index contributed by atoms with van der Waals surface area (Å²) in [6.07, 6.45) is 4.61. The quantitative estimate of drug-likeness (QED) is 0.290. The van der Waals surface area contributed by atoms with E-state index in [4.69, 9.17) is 37.9 Å². The molecule has 0 atom stereocenters. The Bertz CT molecular complexity index is 407. The first-order valence-electron chi connectivity index (χ1n) is 11.7. The summed E-state index contributed by atoms with van der Waals surface area (Å²) in [6, 6.07) is 0. The number of ether oxygens (including phenoxy) is 8. The van der Waals surface area contributed by atoms with Gasteiger partial charge in [0.15, 0.2) is 0 Å². The van der Waals surface area contributed by atoms with Crippen molar-refractivity contribution in [3.63, 3.8) is 0 Å². The summed E-state index contributed by atoms with van der Waals surface area (Å²) >= 11 is 0. The van der Waals surface area contributed by atoms with Crippen LogP contribution in [0.15, 0.2) is 0 Å². The normalized spacial score (nSPS) is 19.8. The van der Waals surface area contributed by atoms with Crippen LogP contribution in [0, 0.1) is 0 Å².